The highest BCUT2D eigenvalue weighted by Gasteiger charge is 2.28. The fourth-order valence-electron chi connectivity index (χ4n) is 2.95. The van der Waals surface area contributed by atoms with Crippen molar-refractivity contribution >= 4 is 29.1 Å². The van der Waals surface area contributed by atoms with Crippen molar-refractivity contribution in [2.45, 2.75) is 13.1 Å². The Hall–Kier alpha value is -2.66. The normalized spacial score (nSPS) is 18.6. The second-order valence-corrected chi connectivity index (χ2v) is 6.24. The van der Waals surface area contributed by atoms with Gasteiger partial charge in [-0.1, -0.05) is 17.7 Å². The van der Waals surface area contributed by atoms with Crippen LogP contribution in [0.25, 0.3) is 16.8 Å². The molecule has 3 heterocycles. The van der Waals surface area contributed by atoms with Crippen molar-refractivity contribution in [3.63, 3.8) is 0 Å². The predicted molar refractivity (Wildman–Crippen MR) is 94.9 cm³/mol. The molecule has 0 saturated heterocycles. The van der Waals surface area contributed by atoms with Gasteiger partial charge in [0.1, 0.15) is 11.6 Å². The fourth-order valence-corrected chi connectivity index (χ4v) is 3.11. The number of halogens is 3. The fraction of sp³-hybridized carbons (Fsp3) is 0.105. The number of rotatable bonds is 2. The van der Waals surface area contributed by atoms with Gasteiger partial charge in [-0.25, -0.2) is 13.8 Å². The van der Waals surface area contributed by atoms with E-state index in [0.29, 0.717) is 5.69 Å². The lowest BCUT2D eigenvalue weighted by atomic mass is 9.98. The molecule has 2 aliphatic heterocycles. The number of pyridine rings is 1. The summed E-state index contributed by atoms with van der Waals surface area (Å²) in [5.74, 6) is -1.49. The Morgan fingerprint density at radius 1 is 1.16 bits per heavy atom. The van der Waals surface area contributed by atoms with Crippen LogP contribution in [-0.2, 0) is 0 Å². The molecule has 0 fully saturated rings. The molecule has 2 aromatic rings. The summed E-state index contributed by atoms with van der Waals surface area (Å²) in [4.78, 5) is 8.69. The summed E-state index contributed by atoms with van der Waals surface area (Å²) >= 11 is 5.84. The Morgan fingerprint density at radius 3 is 2.84 bits per heavy atom. The minimum absolute atomic E-state index is 0.0409. The van der Waals surface area contributed by atoms with Crippen LogP contribution in [0, 0.1) is 11.6 Å². The van der Waals surface area contributed by atoms with Crippen LogP contribution in [0.4, 0.5) is 8.78 Å². The Balaban J connectivity index is 1.87. The number of aromatic nitrogens is 1. The smallest absolute Gasteiger partial charge is 0.255 e. The van der Waals surface area contributed by atoms with E-state index in [4.69, 9.17) is 11.6 Å². The first-order valence-electron chi connectivity index (χ1n) is 7.70. The van der Waals surface area contributed by atoms with Gasteiger partial charge in [0.2, 0.25) is 0 Å². The van der Waals surface area contributed by atoms with E-state index < -0.39 is 11.6 Å². The predicted octanol–water partition coefficient (Wildman–Crippen LogP) is 4.47. The van der Waals surface area contributed by atoms with Crippen LogP contribution >= 0.6 is 11.6 Å². The Morgan fingerprint density at radius 2 is 2.00 bits per heavy atom. The maximum Gasteiger partial charge on any atom is 0.270 e. The molecule has 2 aliphatic rings. The van der Waals surface area contributed by atoms with Gasteiger partial charge in [0, 0.05) is 42.0 Å². The largest absolute Gasteiger partial charge is 0.270 e. The van der Waals surface area contributed by atoms with Crippen molar-refractivity contribution in [3.8, 4) is 11.3 Å². The van der Waals surface area contributed by atoms with E-state index in [1.807, 2.05) is 42.1 Å². The van der Waals surface area contributed by atoms with Crippen LogP contribution in [0.3, 0.4) is 0 Å². The molecule has 0 spiro atoms. The van der Waals surface area contributed by atoms with Crippen LogP contribution in [0.2, 0.25) is 5.02 Å². The lowest BCUT2D eigenvalue weighted by molar-refractivity contribution is -0.479. The van der Waals surface area contributed by atoms with Gasteiger partial charge in [-0.05, 0) is 18.2 Å². The van der Waals surface area contributed by atoms with E-state index in [-0.39, 0.29) is 16.8 Å². The molecule has 3 nitrogen and oxygen atoms in total. The number of benzene rings is 1. The molecule has 124 valence electrons. The highest BCUT2D eigenvalue weighted by molar-refractivity contribution is 6.31. The van der Waals surface area contributed by atoms with Gasteiger partial charge in [0.25, 0.3) is 6.17 Å². The molecule has 0 amide bonds. The number of hydrogen-bond acceptors (Lipinski definition) is 2. The van der Waals surface area contributed by atoms with Gasteiger partial charge < -0.3 is 0 Å². The lowest BCUT2D eigenvalue weighted by Crippen LogP contribution is -2.20. The van der Waals surface area contributed by atoms with Crippen LogP contribution in [0.1, 0.15) is 12.5 Å². The number of allylic oxidation sites excluding steroid dienone is 2. The maximum atomic E-state index is 14.3. The highest BCUT2D eigenvalue weighted by atomic mass is 35.5. The third kappa shape index (κ3) is 2.70. The first-order valence-corrected chi connectivity index (χ1v) is 8.08. The molecule has 0 bridgehead atoms. The topological polar surface area (TPSA) is 28.3 Å². The Labute approximate surface area is 148 Å². The van der Waals surface area contributed by atoms with E-state index in [1.165, 1.54) is 6.07 Å². The van der Waals surface area contributed by atoms with Crippen molar-refractivity contribution in [1.29, 1.82) is 0 Å². The first kappa shape index (κ1) is 15.8. The van der Waals surface area contributed by atoms with Crippen molar-refractivity contribution in [2.75, 3.05) is 0 Å². The molecule has 1 aromatic carbocycles. The zero-order valence-electron chi connectivity index (χ0n) is 13.2. The van der Waals surface area contributed by atoms with Gasteiger partial charge >= 0.3 is 0 Å². The van der Waals surface area contributed by atoms with E-state index in [9.17, 15) is 8.78 Å². The van der Waals surface area contributed by atoms with Crippen LogP contribution in [0.15, 0.2) is 53.8 Å². The highest BCUT2D eigenvalue weighted by Crippen LogP contribution is 2.33. The van der Waals surface area contributed by atoms with Crippen LogP contribution in [0.5, 0.6) is 0 Å². The quantitative estimate of drug-likeness (QED) is 0.576. The number of fused-ring (bicyclic) bond motifs is 1. The van der Waals surface area contributed by atoms with E-state index in [0.717, 1.165) is 22.9 Å². The van der Waals surface area contributed by atoms with E-state index in [2.05, 4.69) is 9.98 Å². The summed E-state index contributed by atoms with van der Waals surface area (Å²) < 4.78 is 29.8. The summed E-state index contributed by atoms with van der Waals surface area (Å²) in [6, 6.07) is 5.68. The molecule has 0 radical (unpaired) electrons. The Kier molecular flexibility index (Phi) is 3.81. The van der Waals surface area contributed by atoms with E-state index in [1.54, 1.807) is 12.3 Å². The van der Waals surface area contributed by atoms with Gasteiger partial charge in [0.05, 0.1) is 16.9 Å². The van der Waals surface area contributed by atoms with Crippen molar-refractivity contribution in [2.24, 2.45) is 4.99 Å². The molecule has 0 saturated carbocycles. The summed E-state index contributed by atoms with van der Waals surface area (Å²) in [6.07, 6.45) is 9.20. The van der Waals surface area contributed by atoms with Crippen molar-refractivity contribution in [3.05, 3.63) is 71.0 Å². The number of aliphatic imine (C=N–C) groups is 1. The van der Waals surface area contributed by atoms with E-state index >= 15 is 0 Å². The maximum absolute atomic E-state index is 14.3. The third-order valence-electron chi connectivity index (χ3n) is 4.22. The van der Waals surface area contributed by atoms with Gasteiger partial charge in [-0.15, -0.1) is 0 Å². The number of hydrogen-bond donors (Lipinski definition) is 0. The van der Waals surface area contributed by atoms with Gasteiger partial charge in [-0.3, -0.25) is 4.98 Å². The molecule has 1 unspecified atom stereocenters. The van der Waals surface area contributed by atoms with Crippen molar-refractivity contribution in [1.82, 2.24) is 4.98 Å². The molecule has 25 heavy (non-hydrogen) atoms. The van der Waals surface area contributed by atoms with Crippen LogP contribution in [-0.4, -0.2) is 27.7 Å². The molecule has 1 atom stereocenters. The first-order chi connectivity index (χ1) is 12.0. The monoisotopic (exact) mass is 356 g/mol. The molecule has 0 N–H and O–H groups in total. The average molecular weight is 357 g/mol. The lowest BCUT2D eigenvalue weighted by Gasteiger charge is -2.13. The average Bonchev–Trinajstić information content (AvgIpc) is 2.99. The Bertz CT molecular complexity index is 1010. The molecular weight excluding hydrogens is 344 g/mol. The molecule has 6 heteroatoms. The molecule has 4 rings (SSSR count). The van der Waals surface area contributed by atoms with Crippen LogP contribution < -0.4 is 0 Å². The standard InChI is InChI=1S/C19H13ClF2N3/c1-11-9-24-18-5-4-12(10-25(11)18)13-3-2-6-23-19(13)14-7-15(20)17(22)8-16(14)21/h2-10,18H,1H3/q+1. The zero-order chi connectivity index (χ0) is 17.6. The van der Waals surface area contributed by atoms with Crippen molar-refractivity contribution < 1.29 is 13.4 Å². The molecule has 1 aromatic heterocycles. The molecular formula is C19H13ClF2N3+. The summed E-state index contributed by atoms with van der Waals surface area (Å²) in [5, 5.41) is -0.140. The second kappa shape index (κ2) is 6.01. The number of nitrogens with zero attached hydrogens (tertiary/aromatic N) is 3. The molecule has 0 aliphatic carbocycles. The van der Waals surface area contributed by atoms with Gasteiger partial charge in [0.15, 0.2) is 11.9 Å². The summed E-state index contributed by atoms with van der Waals surface area (Å²) in [6.45, 7) is 1.97. The van der Waals surface area contributed by atoms with Gasteiger partial charge in [-0.2, -0.15) is 4.58 Å². The third-order valence-corrected chi connectivity index (χ3v) is 4.51. The second-order valence-electron chi connectivity index (χ2n) is 5.83. The summed E-state index contributed by atoms with van der Waals surface area (Å²) in [7, 11) is 0. The summed E-state index contributed by atoms with van der Waals surface area (Å²) in [5.41, 5.74) is 3.20. The minimum Gasteiger partial charge on any atom is -0.255 e. The SMILES string of the molecule is CC1=[N+]2C=C(c3cccnc3-c3cc(Cl)c(F)cc3F)C=CC2N=C1. The minimum atomic E-state index is -0.792. The zero-order valence-corrected chi connectivity index (χ0v) is 14.0.